The number of nitrogens with zero attached hydrogens (tertiary/aromatic N) is 3. The fraction of sp³-hybridized carbons (Fsp3) is 0.273. The molecule has 0 amide bonds. The van der Waals surface area contributed by atoms with Crippen LogP contribution in [-0.2, 0) is 0 Å². The van der Waals surface area contributed by atoms with Gasteiger partial charge in [-0.1, -0.05) is 0 Å². The van der Waals surface area contributed by atoms with Gasteiger partial charge in [0, 0.05) is 37.4 Å². The second-order valence-electron chi connectivity index (χ2n) is 7.34. The molecule has 1 saturated heterocycles. The predicted molar refractivity (Wildman–Crippen MR) is 109 cm³/mol. The van der Waals surface area contributed by atoms with E-state index in [4.69, 9.17) is 9.15 Å². The van der Waals surface area contributed by atoms with E-state index in [1.807, 2.05) is 28.8 Å². The highest BCUT2D eigenvalue weighted by atomic mass is 16.5. The Balaban J connectivity index is 1.37. The first-order valence-corrected chi connectivity index (χ1v) is 9.70. The number of aromatic nitrogens is 2. The number of aliphatic hydroxyl groups is 1. The summed E-state index contributed by atoms with van der Waals surface area (Å²) >= 11 is 0. The average molecular weight is 391 g/mol. The molecule has 1 atom stereocenters. The summed E-state index contributed by atoms with van der Waals surface area (Å²) in [5.74, 6) is 1.07. The molecule has 0 spiro atoms. The van der Waals surface area contributed by atoms with Crippen molar-refractivity contribution in [3.8, 4) is 17.2 Å². The minimum absolute atomic E-state index is 0.133. The molecule has 0 saturated carbocycles. The van der Waals surface area contributed by atoms with E-state index in [2.05, 4.69) is 9.88 Å². The number of rotatable bonds is 5. The van der Waals surface area contributed by atoms with E-state index in [0.717, 1.165) is 25.0 Å². The molecule has 4 aromatic rings. The number of hydrogen-bond acceptors (Lipinski definition) is 6. The van der Waals surface area contributed by atoms with Crippen LogP contribution in [-0.4, -0.2) is 51.7 Å². The van der Waals surface area contributed by atoms with Gasteiger partial charge in [0.1, 0.15) is 23.6 Å². The zero-order chi connectivity index (χ0) is 19.8. The number of hydrogen-bond donors (Lipinski definition) is 1. The fourth-order valence-electron chi connectivity index (χ4n) is 3.73. The Kier molecular flexibility index (Phi) is 4.54. The Hall–Kier alpha value is -3.16. The van der Waals surface area contributed by atoms with Crippen molar-refractivity contribution in [2.45, 2.75) is 12.5 Å². The number of aliphatic hydroxyl groups excluding tert-OH is 1. The average Bonchev–Trinajstić information content (AvgIpc) is 3.36. The first kappa shape index (κ1) is 17.9. The zero-order valence-corrected chi connectivity index (χ0v) is 15.8. The van der Waals surface area contributed by atoms with Gasteiger partial charge >= 0.3 is 0 Å². The van der Waals surface area contributed by atoms with E-state index < -0.39 is 0 Å². The predicted octanol–water partition coefficient (Wildman–Crippen LogP) is 2.55. The van der Waals surface area contributed by atoms with Gasteiger partial charge < -0.3 is 18.7 Å². The summed E-state index contributed by atoms with van der Waals surface area (Å²) in [4.78, 5) is 19.2. The van der Waals surface area contributed by atoms with Gasteiger partial charge in [-0.2, -0.15) is 0 Å². The van der Waals surface area contributed by atoms with Crippen LogP contribution in [0.5, 0.6) is 5.75 Å². The molecule has 7 heteroatoms. The van der Waals surface area contributed by atoms with Crippen molar-refractivity contribution >= 4 is 16.5 Å². The van der Waals surface area contributed by atoms with Gasteiger partial charge in [0.05, 0.1) is 17.8 Å². The molecule has 1 N–H and O–H groups in total. The third-order valence-electron chi connectivity index (χ3n) is 5.29. The van der Waals surface area contributed by atoms with Gasteiger partial charge in [0.25, 0.3) is 0 Å². The molecule has 29 heavy (non-hydrogen) atoms. The molecule has 1 aromatic carbocycles. The molecule has 1 unspecified atom stereocenters. The van der Waals surface area contributed by atoms with Crippen LogP contribution in [0.3, 0.4) is 0 Å². The molecule has 5 rings (SSSR count). The van der Waals surface area contributed by atoms with Crippen LogP contribution >= 0.6 is 0 Å². The van der Waals surface area contributed by atoms with Crippen LogP contribution in [0.4, 0.5) is 0 Å². The molecule has 3 aromatic heterocycles. The van der Waals surface area contributed by atoms with Crippen molar-refractivity contribution in [3.63, 3.8) is 0 Å². The molecule has 4 heterocycles. The van der Waals surface area contributed by atoms with Crippen LogP contribution in [0, 0.1) is 0 Å². The van der Waals surface area contributed by atoms with Crippen LogP contribution in [0.1, 0.15) is 6.42 Å². The maximum Gasteiger partial charge on any atom is 0.193 e. The Bertz CT molecular complexity index is 1230. The second kappa shape index (κ2) is 7.35. The van der Waals surface area contributed by atoms with E-state index in [-0.39, 0.29) is 11.5 Å². The topological polar surface area (TPSA) is 80.2 Å². The number of ether oxygens (including phenoxy) is 1. The van der Waals surface area contributed by atoms with Gasteiger partial charge in [0.2, 0.25) is 0 Å². The molecule has 0 bridgehead atoms. The van der Waals surface area contributed by atoms with Gasteiger partial charge in [-0.3, -0.25) is 9.69 Å². The quantitative estimate of drug-likeness (QED) is 0.563. The largest absolute Gasteiger partial charge is 0.492 e. The first-order chi connectivity index (χ1) is 14.2. The smallest absolute Gasteiger partial charge is 0.193 e. The van der Waals surface area contributed by atoms with Crippen molar-refractivity contribution in [2.75, 3.05) is 26.2 Å². The van der Waals surface area contributed by atoms with E-state index in [1.54, 1.807) is 24.5 Å². The summed E-state index contributed by atoms with van der Waals surface area (Å²) in [6.07, 6.45) is 4.19. The van der Waals surface area contributed by atoms with E-state index in [0.29, 0.717) is 41.3 Å². The van der Waals surface area contributed by atoms with Gasteiger partial charge in [-0.05, 0) is 42.8 Å². The lowest BCUT2D eigenvalue weighted by Gasteiger charge is -2.15. The van der Waals surface area contributed by atoms with Crippen molar-refractivity contribution in [1.82, 2.24) is 14.3 Å². The second-order valence-corrected chi connectivity index (χ2v) is 7.34. The summed E-state index contributed by atoms with van der Waals surface area (Å²) in [7, 11) is 0. The highest BCUT2D eigenvalue weighted by Gasteiger charge is 2.19. The lowest BCUT2D eigenvalue weighted by atomic mass is 10.2. The van der Waals surface area contributed by atoms with Crippen molar-refractivity contribution in [1.29, 1.82) is 0 Å². The molecule has 7 nitrogen and oxygen atoms in total. The maximum absolute atomic E-state index is 12.7. The maximum atomic E-state index is 12.7. The number of fused-ring (bicyclic) bond motifs is 2. The Morgan fingerprint density at radius 1 is 1.24 bits per heavy atom. The summed E-state index contributed by atoms with van der Waals surface area (Å²) < 4.78 is 13.6. The van der Waals surface area contributed by atoms with Crippen LogP contribution in [0.15, 0.2) is 64.2 Å². The number of β-amino-alcohol motifs (C(OH)–C–C–N with tert-alkyl or cyclic N) is 1. The van der Waals surface area contributed by atoms with Gasteiger partial charge in [0.15, 0.2) is 11.2 Å². The molecule has 1 fully saturated rings. The van der Waals surface area contributed by atoms with E-state index >= 15 is 0 Å². The van der Waals surface area contributed by atoms with Gasteiger partial charge in [-0.15, -0.1) is 0 Å². The van der Waals surface area contributed by atoms with Gasteiger partial charge in [-0.25, -0.2) is 4.98 Å². The highest BCUT2D eigenvalue weighted by molar-refractivity contribution is 5.80. The Morgan fingerprint density at radius 2 is 2.17 bits per heavy atom. The Morgan fingerprint density at radius 3 is 3.03 bits per heavy atom. The monoisotopic (exact) mass is 391 g/mol. The third kappa shape index (κ3) is 3.62. The summed E-state index contributed by atoms with van der Waals surface area (Å²) in [5, 5.41) is 10.1. The normalized spacial score (nSPS) is 17.3. The first-order valence-electron chi connectivity index (χ1n) is 9.70. The standard InChI is InChI=1S/C22H21N3O4/c26-16-5-7-24(13-16)8-9-28-17-3-4-21-18(11-17)20(27)12-22(29-21)19-10-15-2-1-6-25(15)14-23-19/h1-4,6,10-12,14,16,26H,5,7-9,13H2. The van der Waals surface area contributed by atoms with Crippen molar-refractivity contribution in [2.24, 2.45) is 0 Å². The van der Waals surface area contributed by atoms with E-state index in [1.165, 1.54) is 6.07 Å². The lowest BCUT2D eigenvalue weighted by molar-refractivity contribution is 0.167. The molecule has 0 radical (unpaired) electrons. The summed E-state index contributed by atoms with van der Waals surface area (Å²) in [5.41, 5.74) is 1.96. The number of benzene rings is 1. The third-order valence-corrected chi connectivity index (χ3v) is 5.29. The molecule has 148 valence electrons. The Labute approximate surface area is 166 Å². The van der Waals surface area contributed by atoms with Crippen LogP contribution < -0.4 is 10.2 Å². The minimum atomic E-state index is -0.234. The summed E-state index contributed by atoms with van der Waals surface area (Å²) in [6.45, 7) is 2.83. The fourth-order valence-corrected chi connectivity index (χ4v) is 3.73. The minimum Gasteiger partial charge on any atom is -0.492 e. The SMILES string of the molecule is O=c1cc(-c2cc3cccn3cn2)oc2ccc(OCCN3CCC(O)C3)cc12. The lowest BCUT2D eigenvalue weighted by Crippen LogP contribution is -2.27. The molecule has 0 aliphatic carbocycles. The van der Waals surface area contributed by atoms with E-state index in [9.17, 15) is 9.90 Å². The molecular formula is C22H21N3O4. The highest BCUT2D eigenvalue weighted by Crippen LogP contribution is 2.24. The van der Waals surface area contributed by atoms with Crippen LogP contribution in [0.2, 0.25) is 0 Å². The zero-order valence-electron chi connectivity index (χ0n) is 15.8. The van der Waals surface area contributed by atoms with Crippen LogP contribution in [0.25, 0.3) is 27.9 Å². The molecule has 1 aliphatic heterocycles. The summed E-state index contributed by atoms with van der Waals surface area (Å²) in [6, 6.07) is 12.5. The molecule has 1 aliphatic rings. The van der Waals surface area contributed by atoms with Crippen molar-refractivity contribution < 1.29 is 14.3 Å². The number of likely N-dealkylation sites (tertiary alicyclic amines) is 1. The molecular weight excluding hydrogens is 370 g/mol. The van der Waals surface area contributed by atoms with Crippen molar-refractivity contribution in [3.05, 3.63) is 65.2 Å².